The lowest BCUT2D eigenvalue weighted by Gasteiger charge is -2.29. The number of nitrogens with two attached hydrogens (primary N) is 2. The van der Waals surface area contributed by atoms with E-state index >= 15 is 0 Å². The maximum absolute atomic E-state index is 14.2. The smallest absolute Gasteiger partial charge is 0.184 e. The third kappa shape index (κ3) is 3.52. The topological polar surface area (TPSA) is 112 Å². The van der Waals surface area contributed by atoms with Crippen molar-refractivity contribution in [3.8, 4) is 11.5 Å². The van der Waals surface area contributed by atoms with Gasteiger partial charge in [-0.1, -0.05) is 18.2 Å². The van der Waals surface area contributed by atoms with E-state index in [1.165, 1.54) is 12.5 Å². The van der Waals surface area contributed by atoms with Crippen molar-refractivity contribution in [2.24, 2.45) is 0 Å². The Kier molecular flexibility index (Phi) is 4.85. The molecule has 4 aromatic rings. The molecule has 0 atom stereocenters. The highest BCUT2D eigenvalue weighted by Gasteiger charge is 2.22. The van der Waals surface area contributed by atoms with Crippen molar-refractivity contribution >= 4 is 28.4 Å². The Morgan fingerprint density at radius 1 is 0.935 bits per heavy atom. The minimum absolute atomic E-state index is 0.233. The molecule has 0 unspecified atom stereocenters. The van der Waals surface area contributed by atoms with Gasteiger partial charge >= 0.3 is 0 Å². The Bertz CT molecular complexity index is 1220. The average molecular weight is 418 g/mol. The fraction of sp³-hybridized carbons (Fsp3) is 0.273. The summed E-state index contributed by atoms with van der Waals surface area (Å²) in [7, 11) is 0. The number of rotatable bonds is 4. The maximum Gasteiger partial charge on any atom is 0.184 e. The van der Waals surface area contributed by atoms with Crippen LogP contribution in [-0.2, 0) is 6.54 Å². The van der Waals surface area contributed by atoms with Crippen LogP contribution in [0, 0.1) is 5.82 Å². The summed E-state index contributed by atoms with van der Waals surface area (Å²) in [5.41, 5.74) is 15.0. The van der Waals surface area contributed by atoms with Crippen LogP contribution >= 0.6 is 0 Å². The van der Waals surface area contributed by atoms with Gasteiger partial charge in [-0.2, -0.15) is 5.10 Å². The summed E-state index contributed by atoms with van der Waals surface area (Å²) >= 11 is 0. The quantitative estimate of drug-likeness (QED) is 0.523. The van der Waals surface area contributed by atoms with Crippen LogP contribution in [0.25, 0.3) is 22.6 Å². The van der Waals surface area contributed by atoms with Gasteiger partial charge in [-0.15, -0.1) is 0 Å². The summed E-state index contributed by atoms with van der Waals surface area (Å²) in [5.74, 6) is 0.718. The molecule has 158 valence electrons. The molecule has 0 saturated carbocycles. The molecular weight excluding hydrogens is 395 g/mol. The number of halogens is 1. The number of anilines is 3. The van der Waals surface area contributed by atoms with Crippen molar-refractivity contribution < 1.29 is 4.39 Å². The highest BCUT2D eigenvalue weighted by molar-refractivity contribution is 5.90. The van der Waals surface area contributed by atoms with Crippen LogP contribution in [0.4, 0.5) is 21.7 Å². The predicted molar refractivity (Wildman–Crippen MR) is 119 cm³/mol. The summed E-state index contributed by atoms with van der Waals surface area (Å²) in [6.07, 6.45) is 5.07. The molecule has 0 amide bonds. The molecule has 0 radical (unpaired) electrons. The Balaban J connectivity index is 1.58. The molecule has 3 aromatic heterocycles. The molecule has 1 aliphatic heterocycles. The molecule has 4 heterocycles. The molecule has 1 aliphatic rings. The molecule has 5 rings (SSSR count). The van der Waals surface area contributed by atoms with E-state index in [2.05, 4.69) is 25.0 Å². The van der Waals surface area contributed by atoms with Crippen LogP contribution in [0.1, 0.15) is 24.8 Å². The minimum atomic E-state index is -0.292. The van der Waals surface area contributed by atoms with E-state index in [4.69, 9.17) is 11.5 Å². The van der Waals surface area contributed by atoms with E-state index in [9.17, 15) is 4.39 Å². The number of pyridine rings is 1. The number of aromatic nitrogens is 5. The van der Waals surface area contributed by atoms with Crippen LogP contribution in [0.15, 0.2) is 42.6 Å². The van der Waals surface area contributed by atoms with Gasteiger partial charge in [0.1, 0.15) is 17.2 Å². The molecule has 9 heteroatoms. The molecule has 4 N–H and O–H groups in total. The zero-order valence-corrected chi connectivity index (χ0v) is 17.0. The number of hydrogen-bond donors (Lipinski definition) is 2. The normalized spacial score (nSPS) is 14.3. The van der Waals surface area contributed by atoms with Gasteiger partial charge in [0.2, 0.25) is 0 Å². The van der Waals surface area contributed by atoms with Gasteiger partial charge in [0.15, 0.2) is 23.1 Å². The number of fused-ring (bicyclic) bond motifs is 1. The Morgan fingerprint density at radius 3 is 2.42 bits per heavy atom. The molecule has 8 nitrogen and oxygen atoms in total. The zero-order valence-electron chi connectivity index (χ0n) is 17.0. The molecule has 1 fully saturated rings. The van der Waals surface area contributed by atoms with Crippen LogP contribution in [-0.4, -0.2) is 37.8 Å². The van der Waals surface area contributed by atoms with Crippen molar-refractivity contribution in [3.63, 3.8) is 0 Å². The number of benzene rings is 1. The first kappa shape index (κ1) is 19.2. The first-order chi connectivity index (χ1) is 15.1. The van der Waals surface area contributed by atoms with Crippen molar-refractivity contribution in [1.82, 2.24) is 24.7 Å². The number of hydrogen-bond acceptors (Lipinski definition) is 7. The lowest BCUT2D eigenvalue weighted by Crippen LogP contribution is -2.31. The highest BCUT2D eigenvalue weighted by atomic mass is 19.1. The molecule has 0 aliphatic carbocycles. The Labute approximate surface area is 178 Å². The lowest BCUT2D eigenvalue weighted by molar-refractivity contribution is 0.578. The first-order valence-electron chi connectivity index (χ1n) is 10.3. The minimum Gasteiger partial charge on any atom is -0.382 e. The van der Waals surface area contributed by atoms with Gasteiger partial charge in [0.05, 0.1) is 11.9 Å². The number of nitrogens with zero attached hydrogens (tertiary/aromatic N) is 6. The van der Waals surface area contributed by atoms with Gasteiger partial charge < -0.3 is 16.4 Å². The first-order valence-corrected chi connectivity index (χ1v) is 10.3. The standard InChI is InChI=1S/C22H23FN8/c23-16-9-3-2-7-14(16)13-31-22-15(8-6-10-26-22)17(29-31)21-27-19(24)18(20(25)28-21)30-11-4-1-5-12-30/h2-3,6-10H,1,4-5,11-13H2,(H4,24,25,27,28). The Morgan fingerprint density at radius 2 is 1.68 bits per heavy atom. The largest absolute Gasteiger partial charge is 0.382 e. The summed E-state index contributed by atoms with van der Waals surface area (Å²) in [6, 6.07) is 10.3. The van der Waals surface area contributed by atoms with Crippen LogP contribution in [0.5, 0.6) is 0 Å². The number of piperidine rings is 1. The van der Waals surface area contributed by atoms with Crippen LogP contribution < -0.4 is 16.4 Å². The second-order valence-electron chi connectivity index (χ2n) is 7.69. The highest BCUT2D eigenvalue weighted by Crippen LogP contribution is 2.33. The second kappa shape index (κ2) is 7.82. The molecular formula is C22H23FN8. The van der Waals surface area contributed by atoms with Crippen molar-refractivity contribution in [3.05, 3.63) is 54.0 Å². The summed E-state index contributed by atoms with van der Waals surface area (Å²) < 4.78 is 15.9. The maximum atomic E-state index is 14.2. The van der Waals surface area contributed by atoms with Crippen LogP contribution in [0.2, 0.25) is 0 Å². The molecule has 1 aromatic carbocycles. The van der Waals surface area contributed by atoms with Gasteiger partial charge in [-0.25, -0.2) is 24.0 Å². The third-order valence-corrected chi connectivity index (χ3v) is 5.61. The van der Waals surface area contributed by atoms with Crippen molar-refractivity contribution in [1.29, 1.82) is 0 Å². The summed E-state index contributed by atoms with van der Waals surface area (Å²) in [5, 5.41) is 5.41. The third-order valence-electron chi connectivity index (χ3n) is 5.61. The van der Waals surface area contributed by atoms with Gasteiger partial charge in [-0.05, 0) is 37.5 Å². The van der Waals surface area contributed by atoms with Gasteiger partial charge in [-0.3, -0.25) is 0 Å². The SMILES string of the molecule is Nc1nc(-c2nn(Cc3ccccc3F)c3ncccc23)nc(N)c1N1CCCCC1. The molecule has 31 heavy (non-hydrogen) atoms. The molecule has 1 saturated heterocycles. The zero-order chi connectivity index (χ0) is 21.4. The molecule has 0 bridgehead atoms. The van der Waals surface area contributed by atoms with E-state index in [-0.39, 0.29) is 12.4 Å². The predicted octanol–water partition coefficient (Wildman–Crippen LogP) is 3.23. The van der Waals surface area contributed by atoms with Crippen LogP contribution in [0.3, 0.4) is 0 Å². The number of nitrogen functional groups attached to an aromatic ring is 2. The summed E-state index contributed by atoms with van der Waals surface area (Å²) in [4.78, 5) is 15.7. The summed E-state index contributed by atoms with van der Waals surface area (Å²) in [6.45, 7) is 2.01. The second-order valence-corrected chi connectivity index (χ2v) is 7.69. The lowest BCUT2D eigenvalue weighted by atomic mass is 10.1. The van der Waals surface area contributed by atoms with E-state index < -0.39 is 0 Å². The molecule has 0 spiro atoms. The van der Waals surface area contributed by atoms with Gasteiger partial charge in [0, 0.05) is 24.8 Å². The van der Waals surface area contributed by atoms with E-state index in [1.807, 2.05) is 12.1 Å². The Hall–Kier alpha value is -3.75. The monoisotopic (exact) mass is 418 g/mol. The van der Waals surface area contributed by atoms with E-state index in [0.29, 0.717) is 40.1 Å². The van der Waals surface area contributed by atoms with Crippen molar-refractivity contribution in [2.45, 2.75) is 25.8 Å². The fourth-order valence-corrected chi connectivity index (χ4v) is 4.11. The van der Waals surface area contributed by atoms with E-state index in [1.54, 1.807) is 29.1 Å². The average Bonchev–Trinajstić information content (AvgIpc) is 3.14. The van der Waals surface area contributed by atoms with E-state index in [0.717, 1.165) is 31.3 Å². The fourth-order valence-electron chi connectivity index (χ4n) is 4.11. The van der Waals surface area contributed by atoms with Crippen molar-refractivity contribution in [2.75, 3.05) is 29.5 Å². The van der Waals surface area contributed by atoms with Gasteiger partial charge in [0.25, 0.3) is 0 Å².